The van der Waals surface area contributed by atoms with Crippen LogP contribution in [0.25, 0.3) is 33.5 Å². The van der Waals surface area contributed by atoms with Crippen LogP contribution in [0.3, 0.4) is 0 Å². The number of hydrogen-bond acceptors (Lipinski definition) is 5. The summed E-state index contributed by atoms with van der Waals surface area (Å²) in [5.41, 5.74) is 1.69. The monoisotopic (exact) mass is 298 g/mol. The van der Waals surface area contributed by atoms with Crippen LogP contribution in [0.15, 0.2) is 60.1 Å². The molecule has 0 saturated carbocycles. The van der Waals surface area contributed by atoms with E-state index in [2.05, 4.69) is 0 Å². The van der Waals surface area contributed by atoms with E-state index in [4.69, 9.17) is 17.3 Å². The summed E-state index contributed by atoms with van der Waals surface area (Å²) in [5.74, 6) is 0.820. The van der Waals surface area contributed by atoms with E-state index in [1.54, 1.807) is 12.1 Å². The first-order valence-corrected chi connectivity index (χ1v) is 7.44. The Hall–Kier alpha value is -2.65. The predicted octanol–water partition coefficient (Wildman–Crippen LogP) is 4.50. The van der Waals surface area contributed by atoms with Gasteiger partial charge >= 0.3 is 8.24 Å². The van der Waals surface area contributed by atoms with Gasteiger partial charge in [-0.05, 0) is 12.1 Å². The first kappa shape index (κ1) is 11.1. The quantitative estimate of drug-likeness (QED) is 0.455. The first-order valence-electron chi connectivity index (χ1n) is 6.34. The van der Waals surface area contributed by atoms with Crippen molar-refractivity contribution in [1.29, 1.82) is 0 Å². The molecule has 3 heterocycles. The molecule has 0 fully saturated rings. The Balaban J connectivity index is 2.06. The fourth-order valence-corrected chi connectivity index (χ4v) is 3.59. The molecule has 0 amide bonds. The maximum absolute atomic E-state index is 12.7. The highest BCUT2D eigenvalue weighted by molar-refractivity contribution is 7.32. The summed E-state index contributed by atoms with van der Waals surface area (Å²) < 4.78 is 22.7. The lowest BCUT2D eigenvalue weighted by molar-refractivity contribution is 0.537. The van der Waals surface area contributed by atoms with Crippen molar-refractivity contribution >= 4 is 30.4 Å². The third-order valence-corrected chi connectivity index (χ3v) is 4.48. The SMILES string of the molecule is O=c1c2op3oc4ccc(oc2-c2ccccc2)c1c4O3. The minimum absolute atomic E-state index is 0.149. The molecule has 0 radical (unpaired) electrons. The fourth-order valence-electron chi connectivity index (χ4n) is 2.53. The Morgan fingerprint density at radius 1 is 0.905 bits per heavy atom. The van der Waals surface area contributed by atoms with Crippen molar-refractivity contribution in [3.05, 3.63) is 52.7 Å². The second-order valence-electron chi connectivity index (χ2n) is 4.72. The van der Waals surface area contributed by atoms with Crippen molar-refractivity contribution < 1.29 is 17.3 Å². The fraction of sp³-hybridized carbons (Fsp3) is 0. The van der Waals surface area contributed by atoms with E-state index in [1.807, 2.05) is 30.3 Å². The average molecular weight is 298 g/mol. The van der Waals surface area contributed by atoms with Crippen LogP contribution in [0.2, 0.25) is 0 Å². The molecule has 0 aliphatic carbocycles. The van der Waals surface area contributed by atoms with Crippen LogP contribution in [0, 0.1) is 0 Å². The molecular formula is C15H7O5P. The molecule has 102 valence electrons. The maximum Gasteiger partial charge on any atom is 0.453 e. The highest BCUT2D eigenvalue weighted by Gasteiger charge is 2.27. The molecular weight excluding hydrogens is 291 g/mol. The molecule has 2 aliphatic rings. The highest BCUT2D eigenvalue weighted by atomic mass is 31.1. The van der Waals surface area contributed by atoms with Gasteiger partial charge in [0, 0.05) is 5.56 Å². The summed E-state index contributed by atoms with van der Waals surface area (Å²) >= 11 is 0. The van der Waals surface area contributed by atoms with Crippen LogP contribution in [-0.2, 0) is 0 Å². The molecule has 2 aliphatic heterocycles. The standard InChI is InChI=1S/C15H7O5P/c16-12-11-9-6-7-10-14(11)19-21(18-10)20-15(12)13(17-9)8-4-2-1-3-5-8/h1-7H. The lowest BCUT2D eigenvalue weighted by Gasteiger charge is -2.04. The number of rotatable bonds is 1. The van der Waals surface area contributed by atoms with Gasteiger partial charge in [-0.3, -0.25) is 4.79 Å². The van der Waals surface area contributed by atoms with Gasteiger partial charge in [-0.15, -0.1) is 0 Å². The third kappa shape index (κ3) is 1.38. The smallest absolute Gasteiger partial charge is 0.452 e. The van der Waals surface area contributed by atoms with Crippen LogP contribution >= 0.6 is 8.24 Å². The average Bonchev–Trinajstić information content (AvgIpc) is 2.89. The lowest BCUT2D eigenvalue weighted by atomic mass is 10.1. The van der Waals surface area contributed by atoms with Crippen LogP contribution in [0.5, 0.6) is 5.75 Å². The Morgan fingerprint density at radius 3 is 2.57 bits per heavy atom. The Kier molecular flexibility index (Phi) is 1.95. The molecule has 6 heteroatoms. The molecule has 0 spiro atoms. The second kappa shape index (κ2) is 3.71. The molecule has 0 saturated heterocycles. The molecule has 1 aromatic heterocycles. The molecule has 2 aromatic carbocycles. The largest absolute Gasteiger partial charge is 0.453 e. The first-order chi connectivity index (χ1) is 10.3. The second-order valence-corrected chi connectivity index (χ2v) is 5.71. The van der Waals surface area contributed by atoms with E-state index >= 15 is 0 Å². The Morgan fingerprint density at radius 2 is 1.71 bits per heavy atom. The molecule has 0 N–H and O–H groups in total. The van der Waals surface area contributed by atoms with Gasteiger partial charge < -0.3 is 17.3 Å². The van der Waals surface area contributed by atoms with Gasteiger partial charge in [0.25, 0.3) is 0 Å². The van der Waals surface area contributed by atoms with E-state index < -0.39 is 8.24 Å². The van der Waals surface area contributed by atoms with Gasteiger partial charge in [0.1, 0.15) is 11.0 Å². The highest BCUT2D eigenvalue weighted by Crippen LogP contribution is 2.47. The number of fused-ring (bicyclic) bond motifs is 2. The summed E-state index contributed by atoms with van der Waals surface area (Å²) in [6, 6.07) is 12.8. The van der Waals surface area contributed by atoms with Crippen LogP contribution in [-0.4, -0.2) is 0 Å². The van der Waals surface area contributed by atoms with Gasteiger partial charge in [0.15, 0.2) is 17.1 Å². The molecule has 21 heavy (non-hydrogen) atoms. The van der Waals surface area contributed by atoms with E-state index in [0.29, 0.717) is 28.1 Å². The normalized spacial score (nSPS) is 13.2. The zero-order chi connectivity index (χ0) is 14.0. The van der Waals surface area contributed by atoms with Gasteiger partial charge in [-0.2, -0.15) is 0 Å². The van der Waals surface area contributed by atoms with Gasteiger partial charge in [0.2, 0.25) is 11.0 Å². The Bertz CT molecular complexity index is 1080. The predicted molar refractivity (Wildman–Crippen MR) is 77.5 cm³/mol. The summed E-state index contributed by atoms with van der Waals surface area (Å²) in [7, 11) is -1.63. The van der Waals surface area contributed by atoms with Crippen LogP contribution in [0.4, 0.5) is 0 Å². The summed E-state index contributed by atoms with van der Waals surface area (Å²) in [4.78, 5) is 12.7. The number of hydrogen-bond donors (Lipinski definition) is 0. The van der Waals surface area contributed by atoms with Gasteiger partial charge in [-0.1, -0.05) is 30.3 Å². The lowest BCUT2D eigenvalue weighted by Crippen LogP contribution is -2.02. The summed E-state index contributed by atoms with van der Waals surface area (Å²) in [5, 5.41) is 0.379. The summed E-state index contributed by atoms with van der Waals surface area (Å²) in [6.07, 6.45) is 0. The topological polar surface area (TPSA) is 65.7 Å². The zero-order valence-electron chi connectivity index (χ0n) is 10.5. The van der Waals surface area contributed by atoms with E-state index in [0.717, 1.165) is 5.56 Å². The minimum atomic E-state index is -1.63. The van der Waals surface area contributed by atoms with Crippen molar-refractivity contribution in [1.82, 2.24) is 0 Å². The number of benzene rings is 2. The molecule has 1 atom stereocenters. The van der Waals surface area contributed by atoms with Crippen molar-refractivity contribution in [2.75, 3.05) is 0 Å². The van der Waals surface area contributed by atoms with Gasteiger partial charge in [0.05, 0.1) is 0 Å². The third-order valence-electron chi connectivity index (χ3n) is 3.48. The van der Waals surface area contributed by atoms with Crippen LogP contribution in [0.1, 0.15) is 0 Å². The molecule has 5 rings (SSSR count). The maximum atomic E-state index is 12.7. The van der Waals surface area contributed by atoms with Crippen molar-refractivity contribution in [3.63, 3.8) is 0 Å². The van der Waals surface area contributed by atoms with E-state index in [1.165, 1.54) is 0 Å². The molecule has 5 nitrogen and oxygen atoms in total. The minimum Gasteiger partial charge on any atom is -0.452 e. The molecule has 3 aromatic rings. The van der Waals surface area contributed by atoms with Crippen molar-refractivity contribution in [3.8, 4) is 17.1 Å². The molecule has 4 bridgehead atoms. The van der Waals surface area contributed by atoms with Crippen LogP contribution < -0.4 is 9.95 Å². The van der Waals surface area contributed by atoms with E-state index in [9.17, 15) is 4.79 Å². The van der Waals surface area contributed by atoms with Crippen molar-refractivity contribution in [2.24, 2.45) is 0 Å². The Labute approximate surface area is 118 Å². The van der Waals surface area contributed by atoms with E-state index in [-0.39, 0.29) is 11.0 Å². The summed E-state index contributed by atoms with van der Waals surface area (Å²) in [6.45, 7) is 0. The van der Waals surface area contributed by atoms with Gasteiger partial charge in [-0.25, -0.2) is 0 Å². The van der Waals surface area contributed by atoms with Crippen molar-refractivity contribution in [2.45, 2.75) is 0 Å². The molecule has 1 unspecified atom stereocenters. The zero-order valence-corrected chi connectivity index (χ0v) is 11.4.